The number of aliphatic hydroxyl groups is 7. The fourth-order valence-corrected chi connectivity index (χ4v) is 7.33. The van der Waals surface area contributed by atoms with Crippen molar-refractivity contribution in [1.29, 1.82) is 0 Å². The summed E-state index contributed by atoms with van der Waals surface area (Å²) in [6.45, 7) is 2.53. The molecule has 0 amide bonds. The van der Waals surface area contributed by atoms with E-state index in [9.17, 15) is 45.3 Å². The molecule has 0 saturated carbocycles. The highest BCUT2D eigenvalue weighted by Gasteiger charge is 2.47. The van der Waals surface area contributed by atoms with Crippen molar-refractivity contribution in [3.8, 4) is 0 Å². The van der Waals surface area contributed by atoms with Crippen LogP contribution in [0.1, 0.15) is 168 Å². The molecule has 2 saturated heterocycles. The van der Waals surface area contributed by atoms with Crippen molar-refractivity contribution in [2.45, 2.75) is 235 Å². The molecule has 2 fully saturated rings. The first-order valence-electron chi connectivity index (χ1n) is 23.3. The van der Waals surface area contributed by atoms with Gasteiger partial charge in [0.2, 0.25) is 0 Å². The predicted octanol–water partition coefficient (Wildman–Crippen LogP) is 5.04. The monoisotopic (exact) mass is 863 g/mol. The van der Waals surface area contributed by atoms with Crippen molar-refractivity contribution in [3.05, 3.63) is 12.2 Å². The summed E-state index contributed by atoms with van der Waals surface area (Å²) in [5.41, 5.74) is 0. The maximum atomic E-state index is 12.9. The van der Waals surface area contributed by atoms with Gasteiger partial charge in [-0.05, 0) is 38.5 Å². The molecule has 0 aliphatic carbocycles. The number of unbranched alkanes of at least 4 members (excludes halogenated alkanes) is 19. The van der Waals surface area contributed by atoms with Crippen LogP contribution in [0.4, 0.5) is 0 Å². The van der Waals surface area contributed by atoms with Gasteiger partial charge in [-0.25, -0.2) is 0 Å². The molecule has 15 heteroatoms. The van der Waals surface area contributed by atoms with E-state index in [1.165, 1.54) is 70.6 Å². The lowest BCUT2D eigenvalue weighted by Gasteiger charge is -2.42. The highest BCUT2D eigenvalue weighted by molar-refractivity contribution is 5.70. The Balaban J connectivity index is 1.83. The zero-order chi connectivity index (χ0) is 44.0. The van der Waals surface area contributed by atoms with Crippen LogP contribution in [0.25, 0.3) is 0 Å². The van der Waals surface area contributed by atoms with Crippen LogP contribution >= 0.6 is 0 Å². The summed E-state index contributed by atoms with van der Waals surface area (Å²) in [6, 6.07) is 0. The van der Waals surface area contributed by atoms with Gasteiger partial charge in [0, 0.05) is 12.8 Å². The molecule has 2 aliphatic heterocycles. The molecule has 11 unspecified atom stereocenters. The molecule has 0 aromatic rings. The van der Waals surface area contributed by atoms with Crippen LogP contribution in [0, 0.1) is 0 Å². The molecule has 11 atom stereocenters. The number of aliphatic hydroxyl groups excluding tert-OH is 7. The summed E-state index contributed by atoms with van der Waals surface area (Å²) in [7, 11) is 0. The van der Waals surface area contributed by atoms with E-state index >= 15 is 0 Å². The lowest BCUT2D eigenvalue weighted by molar-refractivity contribution is -0.332. The Morgan fingerprint density at radius 3 is 1.47 bits per heavy atom. The van der Waals surface area contributed by atoms with Crippen molar-refractivity contribution >= 4 is 11.9 Å². The van der Waals surface area contributed by atoms with Crippen LogP contribution in [-0.4, -0.2) is 142 Å². The molecule has 352 valence electrons. The lowest BCUT2D eigenvalue weighted by Crippen LogP contribution is -2.61. The van der Waals surface area contributed by atoms with Crippen LogP contribution < -0.4 is 0 Å². The number of ether oxygens (including phenoxy) is 6. The zero-order valence-electron chi connectivity index (χ0n) is 36.7. The van der Waals surface area contributed by atoms with Gasteiger partial charge in [0.1, 0.15) is 55.4 Å². The second kappa shape index (κ2) is 33.8. The summed E-state index contributed by atoms with van der Waals surface area (Å²) in [5.74, 6) is -0.935. The minimum atomic E-state index is -1.76. The fourth-order valence-electron chi connectivity index (χ4n) is 7.33. The average molecular weight is 863 g/mol. The first-order chi connectivity index (χ1) is 29.0. The van der Waals surface area contributed by atoms with E-state index in [0.29, 0.717) is 12.8 Å². The van der Waals surface area contributed by atoms with E-state index in [0.717, 1.165) is 57.8 Å². The van der Waals surface area contributed by atoms with Gasteiger partial charge in [-0.2, -0.15) is 0 Å². The number of esters is 2. The van der Waals surface area contributed by atoms with Crippen molar-refractivity contribution in [2.75, 3.05) is 26.4 Å². The molecule has 0 aromatic heterocycles. The van der Waals surface area contributed by atoms with Gasteiger partial charge in [0.05, 0.1) is 19.8 Å². The topological polar surface area (TPSA) is 231 Å². The molecular weight excluding hydrogens is 780 g/mol. The summed E-state index contributed by atoms with van der Waals surface area (Å²) in [4.78, 5) is 25.5. The Hall–Kier alpha value is -1.76. The Labute approximate surface area is 359 Å². The molecule has 2 rings (SSSR count). The third kappa shape index (κ3) is 22.5. The highest BCUT2D eigenvalue weighted by Crippen LogP contribution is 2.26. The van der Waals surface area contributed by atoms with Gasteiger partial charge < -0.3 is 64.2 Å². The number of carbonyl (C=O) groups is 2. The largest absolute Gasteiger partial charge is 0.462 e. The van der Waals surface area contributed by atoms with Crippen molar-refractivity contribution in [1.82, 2.24) is 0 Å². The highest BCUT2D eigenvalue weighted by atomic mass is 16.7. The molecular formula is C45H82O15. The van der Waals surface area contributed by atoms with Crippen LogP contribution in [0.15, 0.2) is 12.2 Å². The average Bonchev–Trinajstić information content (AvgIpc) is 3.24. The molecule has 0 bridgehead atoms. The summed E-state index contributed by atoms with van der Waals surface area (Å²) < 4.78 is 33.4. The van der Waals surface area contributed by atoms with Crippen molar-refractivity contribution in [2.24, 2.45) is 0 Å². The molecule has 15 nitrogen and oxygen atoms in total. The van der Waals surface area contributed by atoms with E-state index in [1.54, 1.807) is 0 Å². The second-order valence-corrected chi connectivity index (χ2v) is 16.6. The van der Waals surface area contributed by atoms with Crippen LogP contribution in [0.3, 0.4) is 0 Å². The minimum absolute atomic E-state index is 0.159. The van der Waals surface area contributed by atoms with E-state index in [1.807, 2.05) is 0 Å². The van der Waals surface area contributed by atoms with Gasteiger partial charge in [-0.15, -0.1) is 0 Å². The number of carbonyl (C=O) groups excluding carboxylic acids is 2. The van der Waals surface area contributed by atoms with E-state index in [2.05, 4.69) is 26.0 Å². The van der Waals surface area contributed by atoms with Gasteiger partial charge in [-0.3, -0.25) is 9.59 Å². The Bertz CT molecular complexity index is 1110. The molecule has 0 spiro atoms. The number of hydrogen-bond acceptors (Lipinski definition) is 15. The second-order valence-electron chi connectivity index (χ2n) is 16.6. The van der Waals surface area contributed by atoms with Crippen LogP contribution in [0.2, 0.25) is 0 Å². The van der Waals surface area contributed by atoms with Crippen molar-refractivity contribution < 1.29 is 73.8 Å². The van der Waals surface area contributed by atoms with Gasteiger partial charge in [0.25, 0.3) is 0 Å². The molecule has 0 radical (unpaired) electrons. The third-order valence-electron chi connectivity index (χ3n) is 11.2. The standard InChI is InChI=1S/C45H82O15/c1-3-5-7-9-11-13-14-15-16-17-18-19-20-22-24-26-28-37(48)58-33(30-55-36(47)27-25-23-21-12-10-8-6-4-2)31-56-44-43(54)41(52)39(50)35(60-44)32-57-45-42(53)40(51)38(49)34(29-46)59-45/h16-17,33-35,38-46,49-54H,3-15,18-32H2,1-2H3/b17-16-. The Morgan fingerprint density at radius 1 is 0.517 bits per heavy atom. The third-order valence-corrected chi connectivity index (χ3v) is 11.2. The van der Waals surface area contributed by atoms with Gasteiger partial charge in [0.15, 0.2) is 18.7 Å². The Morgan fingerprint density at radius 2 is 0.950 bits per heavy atom. The van der Waals surface area contributed by atoms with Gasteiger partial charge in [-0.1, -0.05) is 129 Å². The fraction of sp³-hybridized carbons (Fsp3) is 0.911. The van der Waals surface area contributed by atoms with Crippen molar-refractivity contribution in [3.63, 3.8) is 0 Å². The number of allylic oxidation sites excluding steroid dienone is 2. The normalized spacial score (nSPS) is 27.6. The quantitative estimate of drug-likeness (QED) is 0.0252. The van der Waals surface area contributed by atoms with Crippen LogP contribution in [-0.2, 0) is 38.0 Å². The predicted molar refractivity (Wildman–Crippen MR) is 224 cm³/mol. The Kier molecular flexibility index (Phi) is 30.6. The molecule has 2 heterocycles. The summed E-state index contributed by atoms with van der Waals surface area (Å²) in [6.07, 6.45) is 12.7. The number of rotatable bonds is 35. The maximum Gasteiger partial charge on any atom is 0.306 e. The molecule has 60 heavy (non-hydrogen) atoms. The smallest absolute Gasteiger partial charge is 0.306 e. The van der Waals surface area contributed by atoms with Gasteiger partial charge >= 0.3 is 11.9 Å². The van der Waals surface area contributed by atoms with E-state index < -0.39 is 92.7 Å². The molecule has 7 N–H and O–H groups in total. The van der Waals surface area contributed by atoms with Crippen LogP contribution in [0.5, 0.6) is 0 Å². The number of hydrogen-bond donors (Lipinski definition) is 7. The minimum Gasteiger partial charge on any atom is -0.462 e. The maximum absolute atomic E-state index is 12.9. The molecule has 2 aliphatic rings. The summed E-state index contributed by atoms with van der Waals surface area (Å²) in [5, 5.41) is 71.8. The SMILES string of the molecule is CCCCCCCCC/C=C\CCCCCCCC(=O)OC(COC(=O)CCCCCCCCCC)COC1OC(COC2OC(CO)C(O)C(O)C2O)C(O)C(O)C1O. The van der Waals surface area contributed by atoms with E-state index in [-0.39, 0.29) is 26.1 Å². The first kappa shape index (κ1) is 54.4. The molecule has 0 aromatic carbocycles. The zero-order valence-corrected chi connectivity index (χ0v) is 36.7. The first-order valence-corrected chi connectivity index (χ1v) is 23.3. The summed E-state index contributed by atoms with van der Waals surface area (Å²) >= 11 is 0. The lowest BCUT2D eigenvalue weighted by atomic mass is 9.98. The van der Waals surface area contributed by atoms with E-state index in [4.69, 9.17) is 28.4 Å².